The Morgan fingerprint density at radius 2 is 1.97 bits per heavy atom. The van der Waals surface area contributed by atoms with Gasteiger partial charge in [0, 0.05) is 30.0 Å². The molecule has 3 aromatic heterocycles. The summed E-state index contributed by atoms with van der Waals surface area (Å²) in [5.41, 5.74) is 5.04. The van der Waals surface area contributed by atoms with Crippen molar-refractivity contribution in [2.24, 2.45) is 0 Å². The van der Waals surface area contributed by atoms with Crippen LogP contribution in [0.15, 0.2) is 51.8 Å². The second-order valence-electron chi connectivity index (χ2n) is 8.48. The van der Waals surface area contributed by atoms with Crippen LogP contribution in [0.4, 0.5) is 0 Å². The number of nitrogens with zero attached hydrogens (tertiary/aromatic N) is 5. The molecule has 8 heteroatoms. The molecule has 4 heterocycles. The number of rotatable bonds is 4. The fourth-order valence-corrected chi connectivity index (χ4v) is 4.51. The molecule has 0 spiro atoms. The van der Waals surface area contributed by atoms with E-state index in [0.29, 0.717) is 22.8 Å². The highest BCUT2D eigenvalue weighted by molar-refractivity contribution is 5.80. The fraction of sp³-hybridized carbons (Fsp3) is 0.333. The predicted octanol–water partition coefficient (Wildman–Crippen LogP) is 4.07. The second kappa shape index (κ2) is 7.78. The molecule has 1 saturated heterocycles. The lowest BCUT2D eigenvalue weighted by molar-refractivity contribution is 0.239. The Bertz CT molecular complexity index is 1360. The van der Waals surface area contributed by atoms with Gasteiger partial charge < -0.3 is 9.32 Å². The number of hydrogen-bond acceptors (Lipinski definition) is 6. The van der Waals surface area contributed by atoms with E-state index in [4.69, 9.17) is 9.40 Å². The number of piperidine rings is 1. The summed E-state index contributed by atoms with van der Waals surface area (Å²) in [7, 11) is 0. The summed E-state index contributed by atoms with van der Waals surface area (Å²) in [4.78, 5) is 20.4. The molecule has 1 aliphatic rings. The van der Waals surface area contributed by atoms with Crippen LogP contribution in [0.25, 0.3) is 28.2 Å². The van der Waals surface area contributed by atoms with E-state index in [9.17, 15) is 4.79 Å². The van der Waals surface area contributed by atoms with E-state index < -0.39 is 0 Å². The molecule has 1 aromatic carbocycles. The summed E-state index contributed by atoms with van der Waals surface area (Å²) in [5, 5.41) is 11.7. The van der Waals surface area contributed by atoms with Gasteiger partial charge in [0.15, 0.2) is 5.65 Å². The molecule has 1 fully saturated rings. The van der Waals surface area contributed by atoms with Gasteiger partial charge >= 0.3 is 0 Å². The van der Waals surface area contributed by atoms with E-state index >= 15 is 0 Å². The van der Waals surface area contributed by atoms with Gasteiger partial charge in [-0.1, -0.05) is 36.9 Å². The average molecular weight is 431 g/mol. The van der Waals surface area contributed by atoms with Crippen molar-refractivity contribution < 1.29 is 4.42 Å². The van der Waals surface area contributed by atoms with Crippen LogP contribution in [0.5, 0.6) is 0 Å². The summed E-state index contributed by atoms with van der Waals surface area (Å²) in [5.74, 6) is 0.895. The maximum Gasteiger partial charge on any atom is 0.285 e. The second-order valence-corrected chi connectivity index (χ2v) is 8.48. The third kappa shape index (κ3) is 3.32. The smallest absolute Gasteiger partial charge is 0.285 e. The van der Waals surface area contributed by atoms with Crippen molar-refractivity contribution in [2.75, 3.05) is 13.1 Å². The first-order valence-electron chi connectivity index (χ1n) is 10.9. The predicted molar refractivity (Wildman–Crippen MR) is 122 cm³/mol. The van der Waals surface area contributed by atoms with Gasteiger partial charge in [-0.2, -0.15) is 0 Å². The van der Waals surface area contributed by atoms with Crippen LogP contribution in [-0.2, 0) is 0 Å². The molecule has 0 saturated carbocycles. The van der Waals surface area contributed by atoms with E-state index in [-0.39, 0.29) is 17.4 Å². The van der Waals surface area contributed by atoms with Crippen molar-refractivity contribution in [3.63, 3.8) is 0 Å². The Morgan fingerprint density at radius 3 is 2.72 bits per heavy atom. The lowest BCUT2D eigenvalue weighted by Gasteiger charge is -2.32. The third-order valence-corrected chi connectivity index (χ3v) is 6.17. The Hall–Kier alpha value is -3.68. The molecule has 8 nitrogen and oxygen atoms in total. The van der Waals surface area contributed by atoms with Crippen LogP contribution in [-0.4, -0.2) is 42.8 Å². The highest BCUT2D eigenvalue weighted by Gasteiger charge is 2.28. The molecule has 1 N–H and O–H groups in total. The van der Waals surface area contributed by atoms with E-state index in [2.05, 4.69) is 26.8 Å². The third-order valence-electron chi connectivity index (χ3n) is 6.17. The summed E-state index contributed by atoms with van der Waals surface area (Å²) in [6.07, 6.45) is 2.01. The Kier molecular flexibility index (Phi) is 4.92. The summed E-state index contributed by atoms with van der Waals surface area (Å²) in [6, 6.07) is 9.92. The minimum atomic E-state index is -0.250. The number of H-pyrrole nitrogens is 1. The number of benzene rings is 1. The number of allylic oxidation sites excluding steroid dienone is 1. The van der Waals surface area contributed by atoms with Crippen LogP contribution < -0.4 is 5.56 Å². The van der Waals surface area contributed by atoms with Crippen LogP contribution in [0.2, 0.25) is 0 Å². The maximum atomic E-state index is 13.4. The molecule has 0 aliphatic carbocycles. The maximum absolute atomic E-state index is 13.4. The molecule has 0 amide bonds. The molecule has 32 heavy (non-hydrogen) atoms. The number of aromatic nitrogens is 5. The van der Waals surface area contributed by atoms with E-state index in [0.717, 1.165) is 48.4 Å². The standard InChI is InChI=1S/C24H26N6O2/c1-14(2)29-12-8-11-18(13-29)22-26-27-23(32-22)20-15(3)25-21-19(17-9-6-5-7-10-17)16(4)28-30(21)24(20)31/h5-7,9-10,18,28H,1,8,11-13H2,2-4H3. The molecule has 4 aromatic rings. The van der Waals surface area contributed by atoms with Crippen molar-refractivity contribution in [1.29, 1.82) is 0 Å². The number of aromatic amines is 1. The van der Waals surface area contributed by atoms with Crippen LogP contribution in [0.3, 0.4) is 0 Å². The van der Waals surface area contributed by atoms with E-state index in [1.807, 2.05) is 44.2 Å². The molecule has 5 rings (SSSR count). The van der Waals surface area contributed by atoms with Crippen LogP contribution >= 0.6 is 0 Å². The van der Waals surface area contributed by atoms with Gasteiger partial charge in [-0.3, -0.25) is 9.89 Å². The van der Waals surface area contributed by atoms with Crippen molar-refractivity contribution >= 4 is 5.65 Å². The molecule has 1 aliphatic heterocycles. The summed E-state index contributed by atoms with van der Waals surface area (Å²) in [6.45, 7) is 11.6. The number of aryl methyl sites for hydroxylation is 2. The number of hydrogen-bond donors (Lipinski definition) is 1. The topological polar surface area (TPSA) is 92.3 Å². The first-order chi connectivity index (χ1) is 15.4. The van der Waals surface area contributed by atoms with Gasteiger partial charge in [-0.25, -0.2) is 9.50 Å². The zero-order chi connectivity index (χ0) is 22.4. The highest BCUT2D eigenvalue weighted by atomic mass is 16.4. The summed E-state index contributed by atoms with van der Waals surface area (Å²) < 4.78 is 7.49. The molecular weight excluding hydrogens is 404 g/mol. The van der Waals surface area contributed by atoms with Gasteiger partial charge in [-0.05, 0) is 39.2 Å². The normalized spacial score (nSPS) is 16.6. The van der Waals surface area contributed by atoms with Gasteiger partial charge in [0.2, 0.25) is 5.89 Å². The number of nitrogens with one attached hydrogen (secondary N) is 1. The molecule has 0 radical (unpaired) electrons. The van der Waals surface area contributed by atoms with E-state index in [1.54, 1.807) is 6.92 Å². The Balaban J connectivity index is 1.56. The van der Waals surface area contributed by atoms with Gasteiger partial charge in [0.05, 0.1) is 11.6 Å². The lowest BCUT2D eigenvalue weighted by atomic mass is 9.98. The lowest BCUT2D eigenvalue weighted by Crippen LogP contribution is -2.32. The largest absolute Gasteiger partial charge is 0.420 e. The van der Waals surface area contributed by atoms with E-state index in [1.165, 1.54) is 4.52 Å². The minimum Gasteiger partial charge on any atom is -0.420 e. The van der Waals surface area contributed by atoms with Crippen molar-refractivity contribution in [3.05, 3.63) is 70.2 Å². The Morgan fingerprint density at radius 1 is 1.19 bits per heavy atom. The van der Waals surface area contributed by atoms with Gasteiger partial charge in [0.1, 0.15) is 5.56 Å². The summed E-state index contributed by atoms with van der Waals surface area (Å²) >= 11 is 0. The van der Waals surface area contributed by atoms with Crippen molar-refractivity contribution in [3.8, 4) is 22.6 Å². The first-order valence-corrected chi connectivity index (χ1v) is 10.9. The van der Waals surface area contributed by atoms with Crippen LogP contribution in [0.1, 0.15) is 43.0 Å². The zero-order valence-electron chi connectivity index (χ0n) is 18.6. The van der Waals surface area contributed by atoms with Crippen LogP contribution in [0, 0.1) is 13.8 Å². The molecule has 1 atom stereocenters. The minimum absolute atomic E-state index is 0.124. The van der Waals surface area contributed by atoms with Crippen molar-refractivity contribution in [1.82, 2.24) is 29.7 Å². The quantitative estimate of drug-likeness (QED) is 0.525. The molecular formula is C24H26N6O2. The molecule has 164 valence electrons. The number of likely N-dealkylation sites (tertiary alicyclic amines) is 1. The monoisotopic (exact) mass is 430 g/mol. The van der Waals surface area contributed by atoms with Crippen molar-refractivity contribution in [2.45, 2.75) is 39.5 Å². The average Bonchev–Trinajstić information content (AvgIpc) is 3.39. The number of fused-ring (bicyclic) bond motifs is 1. The zero-order valence-corrected chi connectivity index (χ0v) is 18.6. The highest BCUT2D eigenvalue weighted by Crippen LogP contribution is 2.31. The molecule has 1 unspecified atom stereocenters. The fourth-order valence-electron chi connectivity index (χ4n) is 4.51. The molecule has 0 bridgehead atoms. The van der Waals surface area contributed by atoms with Gasteiger partial charge in [-0.15, -0.1) is 10.2 Å². The first kappa shape index (κ1) is 20.2. The van der Waals surface area contributed by atoms with Gasteiger partial charge in [0.25, 0.3) is 11.4 Å². The SMILES string of the molecule is C=C(C)N1CCCC(c2nnc(-c3c(C)nc4c(-c5ccccc5)c(C)[nH]n4c3=O)o2)C1. The Labute approximate surface area is 185 Å².